The number of oxazole rings is 1. The van der Waals surface area contributed by atoms with Crippen LogP contribution < -0.4 is 11.1 Å². The molecule has 2 N–H and O–H groups in total. The lowest BCUT2D eigenvalue weighted by molar-refractivity contribution is -0.142. The zero-order chi connectivity index (χ0) is 32.5. The number of para-hydroxylation sites is 1. The lowest BCUT2D eigenvalue weighted by Gasteiger charge is -2.41. The van der Waals surface area contributed by atoms with Crippen molar-refractivity contribution in [2.75, 3.05) is 44.6 Å². The fourth-order valence-electron chi connectivity index (χ4n) is 7.82. The van der Waals surface area contributed by atoms with E-state index in [1.165, 1.54) is 19.3 Å². The van der Waals surface area contributed by atoms with Crippen molar-refractivity contribution in [1.82, 2.24) is 24.6 Å². The van der Waals surface area contributed by atoms with Crippen LogP contribution in [-0.2, 0) is 22.5 Å². The Morgan fingerprint density at radius 3 is 2.38 bits per heavy atom. The molecule has 12 heteroatoms. The van der Waals surface area contributed by atoms with E-state index in [0.29, 0.717) is 62.7 Å². The second kappa shape index (κ2) is 13.4. The van der Waals surface area contributed by atoms with E-state index >= 15 is 0 Å². The Morgan fingerprint density at radius 1 is 0.915 bits per heavy atom. The van der Waals surface area contributed by atoms with Crippen LogP contribution in [0.1, 0.15) is 61.6 Å². The summed E-state index contributed by atoms with van der Waals surface area (Å²) in [5.74, 6) is -0.729. The number of piperidine rings is 3. The number of aromatic nitrogens is 1. The van der Waals surface area contributed by atoms with Crippen LogP contribution in [0, 0.1) is 6.92 Å². The molecule has 1 unspecified atom stereocenters. The maximum atomic E-state index is 14.0. The van der Waals surface area contributed by atoms with Gasteiger partial charge >= 0.3 is 17.9 Å². The number of hydrogen-bond acceptors (Lipinski definition) is 7. The molecule has 4 aliphatic heterocycles. The van der Waals surface area contributed by atoms with Gasteiger partial charge < -0.3 is 34.1 Å². The van der Waals surface area contributed by atoms with Gasteiger partial charge in [-0.1, -0.05) is 30.7 Å². The number of urea groups is 1. The van der Waals surface area contributed by atoms with E-state index in [2.05, 4.69) is 15.2 Å². The maximum absolute atomic E-state index is 14.0. The van der Waals surface area contributed by atoms with Gasteiger partial charge in [0.1, 0.15) is 0 Å². The largest absolute Gasteiger partial charge is 0.436 e. The van der Waals surface area contributed by atoms with Gasteiger partial charge in [0, 0.05) is 56.9 Å². The lowest BCUT2D eigenvalue weighted by Crippen LogP contribution is -2.53. The second-order valence-corrected chi connectivity index (χ2v) is 13.5. The fraction of sp³-hybridized carbons (Fsp3) is 0.543. The first kappa shape index (κ1) is 31.3. The number of carbonyl (C=O) groups excluding carboxylic acids is 3. The normalized spacial score (nSPS) is 20.6. The van der Waals surface area contributed by atoms with E-state index in [4.69, 9.17) is 9.15 Å². The molecule has 0 bridgehead atoms. The van der Waals surface area contributed by atoms with Crippen LogP contribution in [-0.4, -0.2) is 100 Å². The number of amides is 4. The summed E-state index contributed by atoms with van der Waals surface area (Å²) in [6, 6.07) is 11.8. The third-order valence-corrected chi connectivity index (χ3v) is 10.4. The van der Waals surface area contributed by atoms with Crippen LogP contribution in [0.4, 0.5) is 15.3 Å². The molecule has 5 heterocycles. The molecule has 3 saturated heterocycles. The van der Waals surface area contributed by atoms with Gasteiger partial charge in [-0.3, -0.25) is 9.78 Å². The average Bonchev–Trinajstić information content (AvgIpc) is 3.48. The molecule has 4 aliphatic rings. The van der Waals surface area contributed by atoms with E-state index in [0.717, 1.165) is 48.3 Å². The van der Waals surface area contributed by atoms with Gasteiger partial charge in [0.05, 0.1) is 5.52 Å². The predicted molar refractivity (Wildman–Crippen MR) is 176 cm³/mol. The molecule has 1 atom stereocenters. The van der Waals surface area contributed by atoms with E-state index in [1.54, 1.807) is 11.0 Å². The molecule has 0 radical (unpaired) electrons. The van der Waals surface area contributed by atoms with Gasteiger partial charge in [0.25, 0.3) is 5.91 Å². The molecule has 7 rings (SSSR count). The number of fused-ring (bicyclic) bond motifs is 2. The number of aryl methyl sites for hydroxylation is 1. The number of aromatic amines is 1. The van der Waals surface area contributed by atoms with Crippen LogP contribution in [0.5, 0.6) is 0 Å². The second-order valence-electron chi connectivity index (χ2n) is 13.5. The molecule has 0 spiro atoms. The van der Waals surface area contributed by atoms with Crippen molar-refractivity contribution >= 4 is 34.8 Å². The van der Waals surface area contributed by atoms with Gasteiger partial charge in [-0.15, -0.1) is 0 Å². The van der Waals surface area contributed by atoms with Gasteiger partial charge in [-0.25, -0.2) is 14.4 Å². The number of likely N-dealkylation sites (tertiary alicyclic amines) is 3. The number of anilines is 1. The number of nitrogens with one attached hydrogen (secondary N) is 2. The molecular weight excluding hydrogens is 600 g/mol. The number of nitrogens with zero attached hydrogens (tertiary/aromatic N) is 4. The van der Waals surface area contributed by atoms with Crippen LogP contribution >= 0.6 is 0 Å². The van der Waals surface area contributed by atoms with Gasteiger partial charge in [0.15, 0.2) is 11.7 Å². The van der Waals surface area contributed by atoms with Crippen molar-refractivity contribution in [3.63, 3.8) is 0 Å². The highest BCUT2D eigenvalue weighted by Crippen LogP contribution is 2.29. The molecule has 4 amide bonds. The summed E-state index contributed by atoms with van der Waals surface area (Å²) in [5.41, 5.74) is 4.51. The molecule has 47 heavy (non-hydrogen) atoms. The molecule has 0 aliphatic carbocycles. The summed E-state index contributed by atoms with van der Waals surface area (Å²) in [6.45, 7) is 6.78. The number of carbonyl (C=O) groups is 3. The topological polar surface area (TPSA) is 131 Å². The zero-order valence-electron chi connectivity index (χ0n) is 27.0. The van der Waals surface area contributed by atoms with Crippen molar-refractivity contribution in [3.05, 3.63) is 63.6 Å². The number of ether oxygens (including phenoxy) is 1. The Balaban J connectivity index is 1.02. The first-order valence-electron chi connectivity index (χ1n) is 17.1. The molecule has 12 nitrogen and oxygen atoms in total. The summed E-state index contributed by atoms with van der Waals surface area (Å²) in [6.07, 6.45) is 5.46. The van der Waals surface area contributed by atoms with E-state index < -0.39 is 18.0 Å². The standard InChI is InChI=1S/C35H44N6O6/c1-23-19-24(20-29-31(23)37-34(44)46-29)21-30(32(42)39-15-9-26(10-16-39)38-13-5-2-6-14-38)47-35(45)40-17-11-27(12-18-40)41-22-25-7-3-4-8-28(25)36-33(41)43/h3-4,7-8,19-20,26-27,30H,2,5-6,9-18,21-22H2,1H3,(H,36,43)(H,37,44). The van der Waals surface area contributed by atoms with Crippen molar-refractivity contribution in [2.24, 2.45) is 0 Å². The number of rotatable bonds is 6. The Kier molecular flexibility index (Phi) is 8.94. The Bertz CT molecular complexity index is 1680. The van der Waals surface area contributed by atoms with Crippen LogP contribution in [0.15, 0.2) is 45.6 Å². The van der Waals surface area contributed by atoms with Crippen molar-refractivity contribution in [1.29, 1.82) is 0 Å². The summed E-state index contributed by atoms with van der Waals surface area (Å²) >= 11 is 0. The fourth-order valence-corrected chi connectivity index (χ4v) is 7.82. The summed E-state index contributed by atoms with van der Waals surface area (Å²) in [5, 5.41) is 2.98. The number of hydrogen-bond donors (Lipinski definition) is 2. The summed E-state index contributed by atoms with van der Waals surface area (Å²) in [4.78, 5) is 63.0. The van der Waals surface area contributed by atoms with Crippen molar-refractivity contribution < 1.29 is 23.5 Å². The SMILES string of the molecule is Cc1cc(CC(OC(=O)N2CCC(N3Cc4ccccc4NC3=O)CC2)C(=O)N2CCC(N3CCCCC3)CC2)cc2oc(=O)[nH]c12. The first-order chi connectivity index (χ1) is 22.8. The molecule has 250 valence electrons. The molecule has 3 fully saturated rings. The predicted octanol–water partition coefficient (Wildman–Crippen LogP) is 4.47. The Morgan fingerprint density at radius 2 is 1.62 bits per heavy atom. The first-order valence-corrected chi connectivity index (χ1v) is 17.1. The highest BCUT2D eigenvalue weighted by Gasteiger charge is 2.37. The van der Waals surface area contributed by atoms with Crippen molar-refractivity contribution in [3.8, 4) is 0 Å². The molecule has 0 saturated carbocycles. The minimum absolute atomic E-state index is 0.00302. The van der Waals surface area contributed by atoms with Gasteiger partial charge in [-0.05, 0) is 87.4 Å². The van der Waals surface area contributed by atoms with Crippen molar-refractivity contribution in [2.45, 2.75) is 83.0 Å². The molecule has 3 aromatic rings. The minimum Gasteiger partial charge on any atom is -0.436 e. The molecule has 2 aromatic carbocycles. The minimum atomic E-state index is -1.02. The summed E-state index contributed by atoms with van der Waals surface area (Å²) < 4.78 is 11.4. The highest BCUT2D eigenvalue weighted by molar-refractivity contribution is 5.92. The third-order valence-electron chi connectivity index (χ3n) is 10.4. The third kappa shape index (κ3) is 6.74. The van der Waals surface area contributed by atoms with E-state index in [-0.39, 0.29) is 24.4 Å². The monoisotopic (exact) mass is 644 g/mol. The van der Waals surface area contributed by atoms with Crippen LogP contribution in [0.2, 0.25) is 0 Å². The zero-order valence-corrected chi connectivity index (χ0v) is 27.0. The van der Waals surface area contributed by atoms with E-state index in [9.17, 15) is 19.2 Å². The van der Waals surface area contributed by atoms with E-state index in [1.807, 2.05) is 47.1 Å². The number of benzene rings is 2. The molecule has 1 aromatic heterocycles. The quantitative estimate of drug-likeness (QED) is 0.405. The smallest absolute Gasteiger partial charge is 0.417 e. The highest BCUT2D eigenvalue weighted by atomic mass is 16.6. The van der Waals surface area contributed by atoms with Gasteiger partial charge in [-0.2, -0.15) is 0 Å². The lowest BCUT2D eigenvalue weighted by atomic mass is 9.98. The Labute approximate surface area is 274 Å². The average molecular weight is 645 g/mol. The molecular formula is C35H44N6O6. The maximum Gasteiger partial charge on any atom is 0.417 e. The Hall–Kier alpha value is -4.32. The number of H-pyrrole nitrogens is 1. The summed E-state index contributed by atoms with van der Waals surface area (Å²) in [7, 11) is 0. The van der Waals surface area contributed by atoms with Crippen LogP contribution in [0.25, 0.3) is 11.1 Å². The van der Waals surface area contributed by atoms with Gasteiger partial charge in [0.2, 0.25) is 0 Å². The van der Waals surface area contributed by atoms with Crippen LogP contribution in [0.3, 0.4) is 0 Å².